The first-order valence-corrected chi connectivity index (χ1v) is 6.21. The quantitative estimate of drug-likeness (QED) is 0.712. The van der Waals surface area contributed by atoms with Gasteiger partial charge in [-0.15, -0.1) is 0 Å². The van der Waals surface area contributed by atoms with Gasteiger partial charge in [0.15, 0.2) is 0 Å². The Morgan fingerprint density at radius 1 is 1.24 bits per heavy atom. The maximum atomic E-state index is 5.44. The standard InChI is InChI=1S/C14H24N2O/c1-11(2)12-5-6-13(14(9-12)17-4)10-16-8-7-15-3/h5-6,9,11,15-16H,7-8,10H2,1-4H3. The van der Waals surface area contributed by atoms with E-state index in [1.165, 1.54) is 11.1 Å². The summed E-state index contributed by atoms with van der Waals surface area (Å²) >= 11 is 0. The molecule has 1 aromatic rings. The van der Waals surface area contributed by atoms with E-state index < -0.39 is 0 Å². The van der Waals surface area contributed by atoms with Crippen molar-refractivity contribution >= 4 is 0 Å². The number of benzene rings is 1. The molecule has 0 aliphatic rings. The van der Waals surface area contributed by atoms with Crippen molar-refractivity contribution in [3.8, 4) is 5.75 Å². The van der Waals surface area contributed by atoms with E-state index in [4.69, 9.17) is 4.74 Å². The van der Waals surface area contributed by atoms with Crippen LogP contribution in [0.5, 0.6) is 5.75 Å². The Balaban J connectivity index is 2.65. The normalized spacial score (nSPS) is 10.9. The Morgan fingerprint density at radius 2 is 2.00 bits per heavy atom. The van der Waals surface area contributed by atoms with Crippen molar-refractivity contribution in [2.45, 2.75) is 26.3 Å². The minimum absolute atomic E-state index is 0.537. The highest BCUT2D eigenvalue weighted by Gasteiger charge is 2.06. The summed E-state index contributed by atoms with van der Waals surface area (Å²) in [6.07, 6.45) is 0. The molecule has 0 atom stereocenters. The van der Waals surface area contributed by atoms with Crippen LogP contribution in [-0.2, 0) is 6.54 Å². The molecule has 0 aliphatic heterocycles. The third kappa shape index (κ3) is 4.36. The van der Waals surface area contributed by atoms with Crippen molar-refractivity contribution in [2.24, 2.45) is 0 Å². The predicted molar refractivity (Wildman–Crippen MR) is 72.7 cm³/mol. The van der Waals surface area contributed by atoms with Gasteiger partial charge in [0.05, 0.1) is 7.11 Å². The maximum absolute atomic E-state index is 5.44. The number of hydrogen-bond donors (Lipinski definition) is 2. The lowest BCUT2D eigenvalue weighted by molar-refractivity contribution is 0.407. The molecule has 17 heavy (non-hydrogen) atoms. The zero-order valence-electron chi connectivity index (χ0n) is 11.3. The van der Waals surface area contributed by atoms with Crippen LogP contribution < -0.4 is 15.4 Å². The Bertz CT molecular complexity index is 337. The van der Waals surface area contributed by atoms with Crippen LogP contribution in [0, 0.1) is 0 Å². The molecular formula is C14H24N2O. The van der Waals surface area contributed by atoms with E-state index in [2.05, 4.69) is 42.7 Å². The minimum Gasteiger partial charge on any atom is -0.496 e. The van der Waals surface area contributed by atoms with Crippen LogP contribution in [0.4, 0.5) is 0 Å². The first kappa shape index (κ1) is 14.0. The molecule has 0 amide bonds. The highest BCUT2D eigenvalue weighted by molar-refractivity contribution is 5.38. The second-order valence-corrected chi connectivity index (χ2v) is 4.51. The van der Waals surface area contributed by atoms with Crippen LogP contribution in [0.15, 0.2) is 18.2 Å². The summed E-state index contributed by atoms with van der Waals surface area (Å²) in [5.41, 5.74) is 2.54. The second kappa shape index (κ2) is 7.30. The molecular weight excluding hydrogens is 212 g/mol. The van der Waals surface area contributed by atoms with Gasteiger partial charge in [0.1, 0.15) is 5.75 Å². The first-order chi connectivity index (χ1) is 8.19. The summed E-state index contributed by atoms with van der Waals surface area (Å²) in [6.45, 7) is 7.18. The Morgan fingerprint density at radius 3 is 2.59 bits per heavy atom. The number of hydrogen-bond acceptors (Lipinski definition) is 3. The Labute approximate surface area is 105 Å². The van der Waals surface area contributed by atoms with Crippen LogP contribution in [0.25, 0.3) is 0 Å². The molecule has 1 aromatic carbocycles. The van der Waals surface area contributed by atoms with E-state index in [1.54, 1.807) is 7.11 Å². The van der Waals surface area contributed by atoms with Crippen molar-refractivity contribution in [3.63, 3.8) is 0 Å². The van der Waals surface area contributed by atoms with E-state index in [0.717, 1.165) is 25.4 Å². The first-order valence-electron chi connectivity index (χ1n) is 6.21. The number of nitrogens with one attached hydrogen (secondary N) is 2. The summed E-state index contributed by atoms with van der Waals surface area (Å²) in [6, 6.07) is 6.47. The van der Waals surface area contributed by atoms with Crippen molar-refractivity contribution < 1.29 is 4.74 Å². The number of rotatable bonds is 7. The molecule has 3 heteroatoms. The highest BCUT2D eigenvalue weighted by atomic mass is 16.5. The van der Waals surface area contributed by atoms with Gasteiger partial charge in [-0.3, -0.25) is 0 Å². The molecule has 3 nitrogen and oxygen atoms in total. The molecule has 0 saturated heterocycles. The van der Waals surface area contributed by atoms with Gasteiger partial charge in [-0.2, -0.15) is 0 Å². The van der Waals surface area contributed by atoms with Gasteiger partial charge in [-0.25, -0.2) is 0 Å². The van der Waals surface area contributed by atoms with Gasteiger partial charge in [0.25, 0.3) is 0 Å². The van der Waals surface area contributed by atoms with Crippen molar-refractivity contribution in [3.05, 3.63) is 29.3 Å². The van der Waals surface area contributed by atoms with E-state index in [1.807, 2.05) is 7.05 Å². The van der Waals surface area contributed by atoms with Crippen molar-refractivity contribution in [1.29, 1.82) is 0 Å². The predicted octanol–water partition coefficient (Wildman–Crippen LogP) is 2.13. The molecule has 96 valence electrons. The van der Waals surface area contributed by atoms with Crippen LogP contribution in [0.2, 0.25) is 0 Å². The third-order valence-electron chi connectivity index (χ3n) is 2.85. The van der Waals surface area contributed by atoms with Gasteiger partial charge < -0.3 is 15.4 Å². The molecule has 0 heterocycles. The molecule has 0 unspecified atom stereocenters. The van der Waals surface area contributed by atoms with Crippen LogP contribution in [-0.4, -0.2) is 27.2 Å². The van der Waals surface area contributed by atoms with E-state index in [9.17, 15) is 0 Å². The van der Waals surface area contributed by atoms with Crippen LogP contribution >= 0.6 is 0 Å². The average molecular weight is 236 g/mol. The lowest BCUT2D eigenvalue weighted by atomic mass is 10.0. The van der Waals surface area contributed by atoms with E-state index in [-0.39, 0.29) is 0 Å². The zero-order chi connectivity index (χ0) is 12.7. The summed E-state index contributed by atoms with van der Waals surface area (Å²) in [4.78, 5) is 0. The van der Waals surface area contributed by atoms with Crippen molar-refractivity contribution in [1.82, 2.24) is 10.6 Å². The molecule has 0 bridgehead atoms. The SMILES string of the molecule is CNCCNCc1ccc(C(C)C)cc1OC. The van der Waals surface area contributed by atoms with Gasteiger partial charge in [0, 0.05) is 25.2 Å². The molecule has 0 fully saturated rings. The fourth-order valence-electron chi connectivity index (χ4n) is 1.70. The minimum atomic E-state index is 0.537. The van der Waals surface area contributed by atoms with Crippen LogP contribution in [0.1, 0.15) is 30.9 Å². The van der Waals surface area contributed by atoms with E-state index >= 15 is 0 Å². The van der Waals surface area contributed by atoms with Gasteiger partial charge in [-0.1, -0.05) is 26.0 Å². The largest absolute Gasteiger partial charge is 0.496 e. The number of likely N-dealkylation sites (N-methyl/N-ethyl adjacent to an activating group) is 1. The second-order valence-electron chi connectivity index (χ2n) is 4.51. The highest BCUT2D eigenvalue weighted by Crippen LogP contribution is 2.24. The monoisotopic (exact) mass is 236 g/mol. The molecule has 0 spiro atoms. The number of ether oxygens (including phenoxy) is 1. The van der Waals surface area contributed by atoms with Crippen molar-refractivity contribution in [2.75, 3.05) is 27.2 Å². The summed E-state index contributed by atoms with van der Waals surface area (Å²) < 4.78 is 5.44. The van der Waals surface area contributed by atoms with Gasteiger partial charge in [-0.05, 0) is 24.6 Å². The fourth-order valence-corrected chi connectivity index (χ4v) is 1.70. The Kier molecular flexibility index (Phi) is 6.01. The zero-order valence-corrected chi connectivity index (χ0v) is 11.3. The van der Waals surface area contributed by atoms with Gasteiger partial charge in [0.2, 0.25) is 0 Å². The van der Waals surface area contributed by atoms with Crippen LogP contribution in [0.3, 0.4) is 0 Å². The molecule has 0 aromatic heterocycles. The fraction of sp³-hybridized carbons (Fsp3) is 0.571. The summed E-state index contributed by atoms with van der Waals surface area (Å²) in [7, 11) is 3.69. The molecule has 1 rings (SSSR count). The topological polar surface area (TPSA) is 33.3 Å². The Hall–Kier alpha value is -1.06. The molecule has 2 N–H and O–H groups in total. The third-order valence-corrected chi connectivity index (χ3v) is 2.85. The van der Waals surface area contributed by atoms with Gasteiger partial charge >= 0.3 is 0 Å². The lowest BCUT2D eigenvalue weighted by Crippen LogP contribution is -2.24. The smallest absolute Gasteiger partial charge is 0.123 e. The summed E-state index contributed by atoms with van der Waals surface area (Å²) in [5.74, 6) is 1.52. The summed E-state index contributed by atoms with van der Waals surface area (Å²) in [5, 5.41) is 6.50. The molecule has 0 saturated carbocycles. The lowest BCUT2D eigenvalue weighted by Gasteiger charge is -2.13. The molecule has 0 radical (unpaired) electrons. The van der Waals surface area contributed by atoms with E-state index in [0.29, 0.717) is 5.92 Å². The average Bonchev–Trinajstić information content (AvgIpc) is 2.34. The number of methoxy groups -OCH3 is 1. The maximum Gasteiger partial charge on any atom is 0.123 e. The molecule has 0 aliphatic carbocycles.